The molecular formula is C25H31N3O3. The predicted octanol–water partition coefficient (Wildman–Crippen LogP) is 3.69. The van der Waals surface area contributed by atoms with Crippen molar-refractivity contribution < 1.29 is 14.3 Å². The third-order valence-electron chi connectivity index (χ3n) is 7.64. The van der Waals surface area contributed by atoms with Gasteiger partial charge in [0.25, 0.3) is 5.91 Å². The van der Waals surface area contributed by atoms with Gasteiger partial charge in [-0.05, 0) is 86.3 Å². The maximum atomic E-state index is 12.8. The van der Waals surface area contributed by atoms with E-state index in [1.54, 1.807) is 12.1 Å². The van der Waals surface area contributed by atoms with Crippen LogP contribution in [0.3, 0.4) is 0 Å². The molecule has 31 heavy (non-hydrogen) atoms. The molecule has 0 aromatic heterocycles. The summed E-state index contributed by atoms with van der Waals surface area (Å²) >= 11 is 0. The van der Waals surface area contributed by atoms with Crippen molar-refractivity contribution >= 4 is 11.9 Å². The second kappa shape index (κ2) is 8.74. The summed E-state index contributed by atoms with van der Waals surface area (Å²) < 4.78 is 4.69. The van der Waals surface area contributed by atoms with Gasteiger partial charge in [0, 0.05) is 18.8 Å². The minimum absolute atomic E-state index is 0.0796. The van der Waals surface area contributed by atoms with Crippen LogP contribution in [0.15, 0.2) is 36.0 Å². The van der Waals surface area contributed by atoms with E-state index in [2.05, 4.69) is 17.6 Å². The minimum atomic E-state index is -0.379. The third kappa shape index (κ3) is 4.46. The van der Waals surface area contributed by atoms with Gasteiger partial charge in [0.05, 0.1) is 12.7 Å². The van der Waals surface area contributed by atoms with Crippen molar-refractivity contribution in [1.29, 1.82) is 5.26 Å². The molecular weight excluding hydrogens is 390 g/mol. The average molecular weight is 422 g/mol. The number of nitriles is 1. The molecule has 1 amide bonds. The Labute approximate surface area is 184 Å². The summed E-state index contributed by atoms with van der Waals surface area (Å²) in [5.74, 6) is 1.78. The zero-order valence-electron chi connectivity index (χ0n) is 18.3. The maximum Gasteiger partial charge on any atom is 0.337 e. The Bertz CT molecular complexity index is 878. The highest BCUT2D eigenvalue weighted by atomic mass is 16.5. The van der Waals surface area contributed by atoms with Crippen molar-refractivity contribution in [3.63, 3.8) is 0 Å². The number of ether oxygens (including phenoxy) is 1. The highest BCUT2D eigenvalue weighted by molar-refractivity contribution is 5.97. The summed E-state index contributed by atoms with van der Waals surface area (Å²) in [6.07, 6.45) is 9.23. The van der Waals surface area contributed by atoms with E-state index in [1.165, 1.54) is 51.8 Å². The Kier molecular flexibility index (Phi) is 6.04. The Morgan fingerprint density at radius 3 is 2.26 bits per heavy atom. The van der Waals surface area contributed by atoms with E-state index in [0.29, 0.717) is 12.1 Å². The minimum Gasteiger partial charge on any atom is -0.465 e. The van der Waals surface area contributed by atoms with Gasteiger partial charge in [0.1, 0.15) is 11.6 Å². The fourth-order valence-electron chi connectivity index (χ4n) is 6.43. The summed E-state index contributed by atoms with van der Waals surface area (Å²) in [5.41, 5.74) is 1.71. The molecule has 1 aromatic carbocycles. The molecule has 1 atom stereocenters. The summed E-state index contributed by atoms with van der Waals surface area (Å²) in [7, 11) is 1.35. The summed E-state index contributed by atoms with van der Waals surface area (Å²) in [5, 5.41) is 15.7. The van der Waals surface area contributed by atoms with Gasteiger partial charge < -0.3 is 15.4 Å². The van der Waals surface area contributed by atoms with Crippen LogP contribution in [0.2, 0.25) is 0 Å². The molecule has 6 nitrogen and oxygen atoms in total. The number of methoxy groups -OCH3 is 1. The first-order valence-electron chi connectivity index (χ1n) is 11.2. The van der Waals surface area contributed by atoms with Gasteiger partial charge in [-0.1, -0.05) is 12.1 Å². The van der Waals surface area contributed by atoms with E-state index >= 15 is 0 Å². The Morgan fingerprint density at radius 2 is 1.74 bits per heavy atom. The number of carbonyl (C=O) groups is 2. The molecule has 6 heteroatoms. The van der Waals surface area contributed by atoms with Crippen LogP contribution in [0.25, 0.3) is 0 Å². The van der Waals surface area contributed by atoms with Crippen molar-refractivity contribution in [3.8, 4) is 6.07 Å². The van der Waals surface area contributed by atoms with Crippen LogP contribution in [0.5, 0.6) is 0 Å². The first kappa shape index (κ1) is 21.4. The molecule has 4 bridgehead atoms. The molecule has 0 aliphatic heterocycles. The van der Waals surface area contributed by atoms with E-state index in [9.17, 15) is 14.9 Å². The number of hydrogen-bond acceptors (Lipinski definition) is 5. The van der Waals surface area contributed by atoms with Crippen LogP contribution in [-0.4, -0.2) is 25.0 Å². The second-order valence-corrected chi connectivity index (χ2v) is 9.71. The lowest BCUT2D eigenvalue weighted by molar-refractivity contribution is -0.122. The summed E-state index contributed by atoms with van der Waals surface area (Å²) in [6, 6.07) is 9.12. The van der Waals surface area contributed by atoms with Crippen LogP contribution < -0.4 is 10.6 Å². The fourth-order valence-corrected chi connectivity index (χ4v) is 6.43. The first-order valence-corrected chi connectivity index (χ1v) is 11.2. The van der Waals surface area contributed by atoms with Crippen LogP contribution >= 0.6 is 0 Å². The van der Waals surface area contributed by atoms with Crippen LogP contribution in [-0.2, 0) is 16.1 Å². The van der Waals surface area contributed by atoms with Gasteiger partial charge in [-0.15, -0.1) is 0 Å². The average Bonchev–Trinajstić information content (AvgIpc) is 2.75. The number of carbonyl (C=O) groups excluding carboxylic acids is 2. The Balaban J connectivity index is 1.33. The molecule has 4 fully saturated rings. The van der Waals surface area contributed by atoms with Crippen molar-refractivity contribution in [1.82, 2.24) is 10.6 Å². The van der Waals surface area contributed by atoms with E-state index in [0.717, 1.165) is 23.3 Å². The van der Waals surface area contributed by atoms with Crippen LogP contribution in [0.1, 0.15) is 61.4 Å². The van der Waals surface area contributed by atoms with Gasteiger partial charge in [-0.2, -0.15) is 5.26 Å². The molecule has 0 spiro atoms. The van der Waals surface area contributed by atoms with Gasteiger partial charge in [-0.3, -0.25) is 4.79 Å². The predicted molar refractivity (Wildman–Crippen MR) is 117 cm³/mol. The van der Waals surface area contributed by atoms with E-state index in [-0.39, 0.29) is 28.9 Å². The van der Waals surface area contributed by atoms with Gasteiger partial charge >= 0.3 is 5.97 Å². The van der Waals surface area contributed by atoms with E-state index in [1.807, 2.05) is 18.2 Å². The lowest BCUT2D eigenvalue weighted by Gasteiger charge is -2.59. The molecule has 4 aliphatic rings. The number of hydrogen-bond donors (Lipinski definition) is 2. The quantitative estimate of drug-likeness (QED) is 0.398. The normalized spacial score (nSPS) is 29.7. The molecule has 0 radical (unpaired) electrons. The van der Waals surface area contributed by atoms with Crippen molar-refractivity contribution in [2.45, 2.75) is 58.0 Å². The summed E-state index contributed by atoms with van der Waals surface area (Å²) in [6.45, 7) is 2.57. The number of nitrogens with zero attached hydrogens (tertiary/aromatic N) is 1. The number of benzene rings is 1. The number of amides is 1. The molecule has 1 unspecified atom stereocenters. The lowest BCUT2D eigenvalue weighted by atomic mass is 9.48. The number of rotatable bonds is 7. The fraction of sp³-hybridized carbons (Fsp3) is 0.560. The monoisotopic (exact) mass is 421 g/mol. The number of esters is 1. The zero-order chi connectivity index (χ0) is 22.0. The SMILES string of the molecule is COC(=O)c1ccc(CN/C=C(/C#N)C(=O)NC(C)C23CC4CC(CC(C4)C2)C3)cc1. The van der Waals surface area contributed by atoms with Crippen molar-refractivity contribution in [2.24, 2.45) is 23.2 Å². The van der Waals surface area contributed by atoms with Crippen molar-refractivity contribution in [2.75, 3.05) is 7.11 Å². The van der Waals surface area contributed by atoms with Gasteiger partial charge in [-0.25, -0.2) is 4.79 Å². The molecule has 164 valence electrons. The Morgan fingerprint density at radius 1 is 1.16 bits per heavy atom. The van der Waals surface area contributed by atoms with Crippen molar-refractivity contribution in [3.05, 3.63) is 47.2 Å². The molecule has 4 aliphatic carbocycles. The summed E-state index contributed by atoms with van der Waals surface area (Å²) in [4.78, 5) is 24.3. The maximum absolute atomic E-state index is 12.8. The second-order valence-electron chi connectivity index (χ2n) is 9.71. The number of nitrogens with one attached hydrogen (secondary N) is 2. The Hall–Kier alpha value is -2.81. The van der Waals surface area contributed by atoms with Crippen LogP contribution in [0, 0.1) is 34.5 Å². The van der Waals surface area contributed by atoms with E-state index in [4.69, 9.17) is 4.74 Å². The molecule has 0 heterocycles. The van der Waals surface area contributed by atoms with Gasteiger partial charge in [0.15, 0.2) is 0 Å². The van der Waals surface area contributed by atoms with E-state index < -0.39 is 0 Å². The molecule has 2 N–H and O–H groups in total. The smallest absolute Gasteiger partial charge is 0.337 e. The molecule has 5 rings (SSSR count). The highest BCUT2D eigenvalue weighted by Crippen LogP contribution is 2.61. The highest BCUT2D eigenvalue weighted by Gasteiger charge is 2.53. The van der Waals surface area contributed by atoms with Crippen LogP contribution in [0.4, 0.5) is 0 Å². The first-order chi connectivity index (χ1) is 14.9. The third-order valence-corrected chi connectivity index (χ3v) is 7.64. The zero-order valence-corrected chi connectivity index (χ0v) is 18.3. The van der Waals surface area contributed by atoms with Gasteiger partial charge in [0.2, 0.25) is 0 Å². The largest absolute Gasteiger partial charge is 0.465 e. The molecule has 4 saturated carbocycles. The molecule has 0 saturated heterocycles. The lowest BCUT2D eigenvalue weighted by Crippen LogP contribution is -2.56. The standard InChI is InChI=1S/C25H31N3O3/c1-16(25-10-18-7-19(11-25)9-20(8-18)12-25)28-23(29)22(13-26)15-27-14-17-3-5-21(6-4-17)24(30)31-2/h3-6,15-16,18-20,27H,7-12,14H2,1-2H3,(H,28,29)/b22-15-. The molecule has 1 aromatic rings. The topological polar surface area (TPSA) is 91.2 Å².